The molecule has 2 rings (SSSR count). The molecule has 1 atom stereocenters. The Morgan fingerprint density at radius 2 is 2.19 bits per heavy atom. The second-order valence-electron chi connectivity index (χ2n) is 6.16. The molecule has 8 heteroatoms. The van der Waals surface area contributed by atoms with Crippen LogP contribution in [0, 0.1) is 12.7 Å². The maximum atomic E-state index is 13.7. The number of nitrogens with one attached hydrogen (secondary N) is 1. The lowest BCUT2D eigenvalue weighted by molar-refractivity contribution is 0.119. The van der Waals surface area contributed by atoms with E-state index < -0.39 is 0 Å². The number of ether oxygens (including phenoxy) is 1. The van der Waals surface area contributed by atoms with Crippen molar-refractivity contribution in [3.8, 4) is 0 Å². The average Bonchev–Trinajstić information content (AvgIpc) is 3.09. The molecule has 27 heavy (non-hydrogen) atoms. The van der Waals surface area contributed by atoms with Crippen molar-refractivity contribution < 1.29 is 9.13 Å². The van der Waals surface area contributed by atoms with Crippen LogP contribution in [0.5, 0.6) is 0 Å². The zero-order chi connectivity index (χ0) is 19.1. The van der Waals surface area contributed by atoms with E-state index in [1.54, 1.807) is 37.5 Å². The molecular weight excluding hydrogens is 478 g/mol. The minimum atomic E-state index is -0.196. The number of benzene rings is 1. The van der Waals surface area contributed by atoms with Crippen LogP contribution in [0.3, 0.4) is 0 Å². The molecule has 0 amide bonds. The van der Waals surface area contributed by atoms with Crippen molar-refractivity contribution in [3.05, 3.63) is 51.2 Å². The highest BCUT2D eigenvalue weighted by Gasteiger charge is 2.12. The van der Waals surface area contributed by atoms with Gasteiger partial charge in [-0.15, -0.1) is 35.3 Å². The Kier molecular flexibility index (Phi) is 10.2. The summed E-state index contributed by atoms with van der Waals surface area (Å²) in [7, 11) is 3.65. The number of halogens is 2. The zero-order valence-corrected chi connectivity index (χ0v) is 19.6. The third kappa shape index (κ3) is 7.00. The van der Waals surface area contributed by atoms with Crippen molar-refractivity contribution in [2.24, 2.45) is 4.99 Å². The van der Waals surface area contributed by atoms with Crippen LogP contribution in [0.15, 0.2) is 28.6 Å². The van der Waals surface area contributed by atoms with Gasteiger partial charge in [-0.3, -0.25) is 0 Å². The van der Waals surface area contributed by atoms with E-state index in [9.17, 15) is 4.39 Å². The van der Waals surface area contributed by atoms with Crippen molar-refractivity contribution in [1.82, 2.24) is 15.2 Å². The predicted octanol–water partition coefficient (Wildman–Crippen LogP) is 4.51. The fourth-order valence-corrected chi connectivity index (χ4v) is 3.21. The highest BCUT2D eigenvalue weighted by atomic mass is 127. The molecule has 1 aromatic carbocycles. The van der Waals surface area contributed by atoms with E-state index in [0.717, 1.165) is 28.8 Å². The molecule has 0 spiro atoms. The van der Waals surface area contributed by atoms with Gasteiger partial charge in [-0.05, 0) is 38.0 Å². The molecule has 1 N–H and O–H groups in total. The van der Waals surface area contributed by atoms with Gasteiger partial charge in [0.25, 0.3) is 0 Å². The Morgan fingerprint density at radius 1 is 1.44 bits per heavy atom. The third-order valence-electron chi connectivity index (χ3n) is 4.01. The van der Waals surface area contributed by atoms with Gasteiger partial charge in [0.15, 0.2) is 5.96 Å². The number of hydrogen-bond donors (Lipinski definition) is 1. The third-order valence-corrected chi connectivity index (χ3v) is 5.07. The number of methoxy groups -OCH3 is 1. The summed E-state index contributed by atoms with van der Waals surface area (Å²) in [5, 5.41) is 6.28. The lowest BCUT2D eigenvalue weighted by atomic mass is 10.1. The highest BCUT2D eigenvalue weighted by Crippen LogP contribution is 2.21. The summed E-state index contributed by atoms with van der Waals surface area (Å²) in [5.74, 6) is 0.571. The van der Waals surface area contributed by atoms with E-state index in [0.29, 0.717) is 18.7 Å². The van der Waals surface area contributed by atoms with Gasteiger partial charge in [0, 0.05) is 26.1 Å². The molecule has 5 nitrogen and oxygen atoms in total. The maximum absolute atomic E-state index is 13.7. The fourth-order valence-electron chi connectivity index (χ4n) is 2.37. The molecule has 0 aliphatic rings. The maximum Gasteiger partial charge on any atom is 0.194 e. The Balaban J connectivity index is 0.00000364. The molecule has 0 bridgehead atoms. The van der Waals surface area contributed by atoms with Crippen molar-refractivity contribution in [3.63, 3.8) is 0 Å². The number of aromatic nitrogens is 1. The standard InChI is InChI=1S/C19H27FN4OS.HI/c1-6-21-19(22-10-15-8-7-13(2)17(20)9-15)24(4)11-16-12-26-18(23-16)14(3)25-5;/h7-9,12,14H,6,10-11H2,1-5H3,(H,21,22);1H. The summed E-state index contributed by atoms with van der Waals surface area (Å²) < 4.78 is 19.0. The number of aliphatic imine (C=N–C) groups is 1. The summed E-state index contributed by atoms with van der Waals surface area (Å²) in [4.78, 5) is 11.3. The largest absolute Gasteiger partial charge is 0.375 e. The summed E-state index contributed by atoms with van der Waals surface area (Å²) in [6, 6.07) is 5.23. The Labute approximate surface area is 182 Å². The van der Waals surface area contributed by atoms with Gasteiger partial charge in [-0.2, -0.15) is 0 Å². The molecule has 1 aromatic heterocycles. The SMILES string of the molecule is CCNC(=NCc1ccc(C)c(F)c1)N(C)Cc1csc(C(C)OC)n1.I. The van der Waals surface area contributed by atoms with Gasteiger partial charge in [0.05, 0.1) is 18.8 Å². The van der Waals surface area contributed by atoms with Gasteiger partial charge in [0.2, 0.25) is 0 Å². The molecule has 0 radical (unpaired) electrons. The molecule has 1 heterocycles. The lowest BCUT2D eigenvalue weighted by Gasteiger charge is -2.21. The molecule has 0 fully saturated rings. The van der Waals surface area contributed by atoms with E-state index >= 15 is 0 Å². The smallest absolute Gasteiger partial charge is 0.194 e. The molecular formula is C19H28FIN4OS. The molecule has 2 aromatic rings. The van der Waals surface area contributed by atoms with Crippen LogP contribution in [0.25, 0.3) is 0 Å². The van der Waals surface area contributed by atoms with Gasteiger partial charge in [0.1, 0.15) is 16.9 Å². The summed E-state index contributed by atoms with van der Waals surface area (Å²) in [6.45, 7) is 7.59. The van der Waals surface area contributed by atoms with Crippen LogP contribution in [0.4, 0.5) is 4.39 Å². The van der Waals surface area contributed by atoms with E-state index in [4.69, 9.17) is 4.74 Å². The number of hydrogen-bond acceptors (Lipinski definition) is 4. The second kappa shape index (κ2) is 11.6. The Hall–Kier alpha value is -1.26. The Morgan fingerprint density at radius 3 is 2.81 bits per heavy atom. The average molecular weight is 506 g/mol. The van der Waals surface area contributed by atoms with E-state index in [1.165, 1.54) is 0 Å². The van der Waals surface area contributed by atoms with Crippen LogP contribution in [0.2, 0.25) is 0 Å². The highest BCUT2D eigenvalue weighted by molar-refractivity contribution is 14.0. The monoisotopic (exact) mass is 506 g/mol. The van der Waals surface area contributed by atoms with E-state index in [-0.39, 0.29) is 35.9 Å². The summed E-state index contributed by atoms with van der Waals surface area (Å²) >= 11 is 1.60. The van der Waals surface area contributed by atoms with Crippen molar-refractivity contribution in [1.29, 1.82) is 0 Å². The number of aryl methyl sites for hydroxylation is 1. The van der Waals surface area contributed by atoms with Crippen LogP contribution in [0.1, 0.15) is 41.8 Å². The van der Waals surface area contributed by atoms with Crippen molar-refractivity contribution in [2.45, 2.75) is 40.0 Å². The number of nitrogens with zero attached hydrogens (tertiary/aromatic N) is 3. The number of guanidine groups is 1. The molecule has 0 aliphatic heterocycles. The van der Waals surface area contributed by atoms with Crippen LogP contribution in [-0.2, 0) is 17.8 Å². The first-order valence-corrected chi connectivity index (χ1v) is 9.54. The minimum absolute atomic E-state index is 0. The van der Waals surface area contributed by atoms with Gasteiger partial charge in [-0.1, -0.05) is 12.1 Å². The van der Waals surface area contributed by atoms with Gasteiger partial charge >= 0.3 is 0 Å². The number of rotatable bonds is 7. The van der Waals surface area contributed by atoms with Crippen LogP contribution >= 0.6 is 35.3 Å². The summed E-state index contributed by atoms with van der Waals surface area (Å²) in [5.41, 5.74) is 2.47. The predicted molar refractivity (Wildman–Crippen MR) is 120 cm³/mol. The summed E-state index contributed by atoms with van der Waals surface area (Å²) in [6.07, 6.45) is -0.00241. The zero-order valence-electron chi connectivity index (χ0n) is 16.5. The first-order chi connectivity index (χ1) is 12.4. The molecule has 0 saturated carbocycles. The van der Waals surface area contributed by atoms with Crippen LogP contribution < -0.4 is 5.32 Å². The van der Waals surface area contributed by atoms with Crippen molar-refractivity contribution >= 4 is 41.3 Å². The normalized spacial score (nSPS) is 12.4. The quantitative estimate of drug-likeness (QED) is 0.341. The first kappa shape index (κ1) is 23.8. The molecule has 150 valence electrons. The van der Waals surface area contributed by atoms with E-state index in [1.807, 2.05) is 37.2 Å². The first-order valence-electron chi connectivity index (χ1n) is 8.66. The van der Waals surface area contributed by atoms with Gasteiger partial charge < -0.3 is 15.0 Å². The molecule has 1 unspecified atom stereocenters. The minimum Gasteiger partial charge on any atom is -0.375 e. The van der Waals surface area contributed by atoms with Crippen LogP contribution in [-0.4, -0.2) is 36.5 Å². The Bertz CT molecular complexity index is 753. The van der Waals surface area contributed by atoms with Crippen molar-refractivity contribution in [2.75, 3.05) is 20.7 Å². The second-order valence-corrected chi connectivity index (χ2v) is 7.05. The molecule has 0 saturated heterocycles. The van der Waals surface area contributed by atoms with E-state index in [2.05, 4.69) is 15.3 Å². The lowest BCUT2D eigenvalue weighted by Crippen LogP contribution is -2.38. The topological polar surface area (TPSA) is 49.8 Å². The number of thiazole rings is 1. The fraction of sp³-hybridized carbons (Fsp3) is 0.474. The molecule has 0 aliphatic carbocycles. The van der Waals surface area contributed by atoms with Gasteiger partial charge in [-0.25, -0.2) is 14.4 Å².